The van der Waals surface area contributed by atoms with Crippen LogP contribution in [0.3, 0.4) is 0 Å². The van der Waals surface area contributed by atoms with Crippen molar-refractivity contribution < 1.29 is 9.00 Å². The molecule has 34 heavy (non-hydrogen) atoms. The average molecular weight is 500 g/mol. The number of halogens is 1. The van der Waals surface area contributed by atoms with Gasteiger partial charge in [-0.2, -0.15) is 5.26 Å². The number of rotatable bonds is 5. The van der Waals surface area contributed by atoms with Gasteiger partial charge in [-0.25, -0.2) is 13.5 Å². The molecule has 7 nitrogen and oxygen atoms in total. The van der Waals surface area contributed by atoms with Crippen LogP contribution in [0.2, 0.25) is 5.02 Å². The molecule has 1 aliphatic heterocycles. The number of carbonyl (C=O) groups is 1. The first kappa shape index (κ1) is 24.6. The van der Waals surface area contributed by atoms with Gasteiger partial charge < -0.3 is 9.80 Å². The Bertz CT molecular complexity index is 1120. The Morgan fingerprint density at radius 3 is 2.44 bits per heavy atom. The smallest absolute Gasteiger partial charge is 0.254 e. The third-order valence-corrected chi connectivity index (χ3v) is 8.78. The number of aromatic nitrogens is 1. The lowest BCUT2D eigenvalue weighted by molar-refractivity contribution is 0.0828. The zero-order chi connectivity index (χ0) is 24.2. The Kier molecular flexibility index (Phi) is 7.87. The number of carbonyl (C=O) groups excluding carboxylic acids is 1. The minimum Gasteiger partial charge on any atom is -0.353 e. The minimum absolute atomic E-state index is 0.161. The van der Waals surface area contributed by atoms with Crippen LogP contribution in [0.1, 0.15) is 48.0 Å². The first-order valence-corrected chi connectivity index (χ1v) is 13.3. The summed E-state index contributed by atoms with van der Waals surface area (Å²) in [6.45, 7) is 2.78. The molecule has 2 aliphatic rings. The van der Waals surface area contributed by atoms with E-state index in [9.17, 15) is 14.3 Å². The van der Waals surface area contributed by atoms with E-state index in [2.05, 4.69) is 20.3 Å². The van der Waals surface area contributed by atoms with Crippen molar-refractivity contribution in [1.82, 2.24) is 14.2 Å². The van der Waals surface area contributed by atoms with Crippen molar-refractivity contribution in [1.29, 1.82) is 5.26 Å². The lowest BCUT2D eigenvalue weighted by Gasteiger charge is -2.37. The van der Waals surface area contributed by atoms with Crippen molar-refractivity contribution >= 4 is 34.3 Å². The molecule has 1 aliphatic carbocycles. The van der Waals surface area contributed by atoms with Crippen LogP contribution in [0, 0.1) is 11.3 Å². The van der Waals surface area contributed by atoms with E-state index in [-0.39, 0.29) is 5.91 Å². The van der Waals surface area contributed by atoms with E-state index in [1.165, 1.54) is 24.2 Å². The second-order valence-electron chi connectivity index (χ2n) is 9.05. The summed E-state index contributed by atoms with van der Waals surface area (Å²) in [4.78, 5) is 20.4. The van der Waals surface area contributed by atoms with Crippen molar-refractivity contribution in [2.45, 2.75) is 37.4 Å². The van der Waals surface area contributed by atoms with Gasteiger partial charge in [-0.3, -0.25) is 4.79 Å². The maximum atomic E-state index is 13.0. The van der Waals surface area contributed by atoms with Crippen molar-refractivity contribution in [2.24, 2.45) is 0 Å². The van der Waals surface area contributed by atoms with Gasteiger partial charge in [0.2, 0.25) is 0 Å². The molecule has 2 heterocycles. The lowest BCUT2D eigenvalue weighted by Crippen LogP contribution is -2.49. The van der Waals surface area contributed by atoms with Gasteiger partial charge in [0.25, 0.3) is 5.91 Å². The van der Waals surface area contributed by atoms with Crippen molar-refractivity contribution in [3.63, 3.8) is 0 Å². The topological polar surface area (TPSA) is 80.5 Å². The van der Waals surface area contributed by atoms with E-state index in [0.29, 0.717) is 53.4 Å². The monoisotopic (exact) mass is 499 g/mol. The summed E-state index contributed by atoms with van der Waals surface area (Å²) < 4.78 is 15.1. The molecule has 9 heteroatoms. The first-order valence-electron chi connectivity index (χ1n) is 11.7. The number of nitrogens with zero attached hydrogens (tertiary/aromatic N) is 5. The third kappa shape index (κ3) is 5.27. The Labute approximate surface area is 208 Å². The summed E-state index contributed by atoms with van der Waals surface area (Å²) in [5.74, 6) is 0.492. The Morgan fingerprint density at radius 2 is 1.82 bits per heavy atom. The van der Waals surface area contributed by atoms with Crippen LogP contribution in [0.15, 0.2) is 30.5 Å². The average Bonchev–Trinajstić information content (AvgIpc) is 2.88. The fourth-order valence-electron chi connectivity index (χ4n) is 4.62. The highest BCUT2D eigenvalue weighted by atomic mass is 35.5. The molecule has 4 rings (SSSR count). The molecule has 0 bridgehead atoms. The van der Waals surface area contributed by atoms with E-state index in [0.717, 1.165) is 24.0 Å². The highest BCUT2D eigenvalue weighted by Gasteiger charge is 2.29. The molecule has 1 aromatic carbocycles. The van der Waals surface area contributed by atoms with Gasteiger partial charge in [-0.1, -0.05) is 36.9 Å². The van der Waals surface area contributed by atoms with Crippen molar-refractivity contribution in [3.8, 4) is 17.2 Å². The molecule has 1 saturated heterocycles. The number of anilines is 1. The number of nitriles is 1. The van der Waals surface area contributed by atoms with Crippen LogP contribution in [-0.4, -0.2) is 69.8 Å². The van der Waals surface area contributed by atoms with Crippen molar-refractivity contribution in [3.05, 3.63) is 46.6 Å². The largest absolute Gasteiger partial charge is 0.353 e. The van der Waals surface area contributed by atoms with Crippen LogP contribution in [0.5, 0.6) is 0 Å². The van der Waals surface area contributed by atoms with Crippen LogP contribution in [-0.2, 0) is 11.0 Å². The van der Waals surface area contributed by atoms with E-state index in [1.54, 1.807) is 32.4 Å². The number of pyridine rings is 1. The molecule has 1 saturated carbocycles. The molecule has 2 fully saturated rings. The molecule has 0 radical (unpaired) electrons. The van der Waals surface area contributed by atoms with Gasteiger partial charge in [0.1, 0.15) is 11.9 Å². The van der Waals surface area contributed by atoms with Gasteiger partial charge in [-0.05, 0) is 36.6 Å². The van der Waals surface area contributed by atoms with Gasteiger partial charge in [0.15, 0.2) is 0 Å². The summed E-state index contributed by atoms with van der Waals surface area (Å²) in [6.07, 6.45) is 7.47. The zero-order valence-corrected chi connectivity index (χ0v) is 21.2. The number of hydrogen-bond donors (Lipinski definition) is 0. The summed E-state index contributed by atoms with van der Waals surface area (Å²) >= 11 is 6.37. The van der Waals surface area contributed by atoms with Crippen LogP contribution < -0.4 is 4.90 Å². The zero-order valence-electron chi connectivity index (χ0n) is 19.7. The van der Waals surface area contributed by atoms with Gasteiger partial charge in [-0.15, -0.1) is 0 Å². The predicted octanol–water partition coefficient (Wildman–Crippen LogP) is 4.09. The highest BCUT2D eigenvalue weighted by Crippen LogP contribution is 2.30. The standard InChI is InChI=1S/C25H30ClN5O2S/c1-29(2)25(32)22-9-8-18(15-23(22)26)20-14-19(16-27)24(28-17-20)30-10-12-31(13-11-30)34(33)21-6-4-3-5-7-21/h8-9,14-15,17,21H,3-7,10-13H2,1-2H3. The van der Waals surface area contributed by atoms with Crippen LogP contribution in [0.4, 0.5) is 5.82 Å². The predicted molar refractivity (Wildman–Crippen MR) is 136 cm³/mol. The lowest BCUT2D eigenvalue weighted by atomic mass is 10.0. The van der Waals surface area contributed by atoms with E-state index < -0.39 is 11.0 Å². The Morgan fingerprint density at radius 1 is 1.12 bits per heavy atom. The van der Waals surface area contributed by atoms with E-state index in [4.69, 9.17) is 11.6 Å². The van der Waals surface area contributed by atoms with Crippen molar-refractivity contribution in [2.75, 3.05) is 45.2 Å². The quantitative estimate of drug-likeness (QED) is 0.618. The molecule has 1 aromatic heterocycles. The fourth-order valence-corrected chi connectivity index (χ4v) is 6.56. The van der Waals surface area contributed by atoms with E-state index >= 15 is 0 Å². The Balaban J connectivity index is 1.47. The molecular weight excluding hydrogens is 470 g/mol. The molecule has 0 N–H and O–H groups in total. The first-order chi connectivity index (χ1) is 16.4. The molecule has 2 aromatic rings. The number of benzene rings is 1. The number of piperazine rings is 1. The maximum absolute atomic E-state index is 13.0. The fraction of sp³-hybridized carbons (Fsp3) is 0.480. The minimum atomic E-state index is -0.929. The summed E-state index contributed by atoms with van der Waals surface area (Å²) in [5.41, 5.74) is 2.49. The maximum Gasteiger partial charge on any atom is 0.254 e. The Hall–Kier alpha value is -2.47. The number of hydrogen-bond acceptors (Lipinski definition) is 5. The van der Waals surface area contributed by atoms with Gasteiger partial charge in [0.05, 0.1) is 27.1 Å². The molecule has 1 amide bonds. The summed E-state index contributed by atoms with van der Waals surface area (Å²) in [7, 11) is 2.44. The third-order valence-electron chi connectivity index (χ3n) is 6.56. The van der Waals surface area contributed by atoms with E-state index in [1.807, 2.05) is 12.1 Å². The molecular formula is C25H30ClN5O2S. The number of amides is 1. The molecule has 180 valence electrons. The normalized spacial score (nSPS) is 18.4. The molecule has 1 atom stereocenters. The second-order valence-corrected chi connectivity index (χ2v) is 11.2. The SMILES string of the molecule is CN(C)C(=O)c1ccc(-c2cnc(N3CCN(S(=O)C4CCCCC4)CC3)c(C#N)c2)cc1Cl. The second kappa shape index (κ2) is 10.9. The molecule has 1 unspecified atom stereocenters. The van der Waals surface area contributed by atoms with Crippen LogP contribution >= 0.6 is 11.6 Å². The van der Waals surface area contributed by atoms with Gasteiger partial charge >= 0.3 is 0 Å². The van der Waals surface area contributed by atoms with Gasteiger partial charge in [0, 0.05) is 57.3 Å². The molecule has 0 spiro atoms. The summed E-state index contributed by atoms with van der Waals surface area (Å²) in [5, 5.41) is 10.5. The highest BCUT2D eigenvalue weighted by molar-refractivity contribution is 7.83. The van der Waals surface area contributed by atoms with Crippen LogP contribution in [0.25, 0.3) is 11.1 Å². The summed E-state index contributed by atoms with van der Waals surface area (Å²) in [6, 6.07) is 9.34.